The lowest BCUT2D eigenvalue weighted by atomic mass is 9.99. The van der Waals surface area contributed by atoms with Gasteiger partial charge in [-0.1, -0.05) is 0 Å². The van der Waals surface area contributed by atoms with Crippen molar-refractivity contribution in [2.24, 2.45) is 0 Å². The fourth-order valence-corrected chi connectivity index (χ4v) is 1.86. The van der Waals surface area contributed by atoms with E-state index < -0.39 is 5.97 Å². The molecule has 1 unspecified atom stereocenters. The van der Waals surface area contributed by atoms with E-state index >= 15 is 0 Å². The van der Waals surface area contributed by atoms with Gasteiger partial charge in [-0.25, -0.2) is 4.79 Å². The summed E-state index contributed by atoms with van der Waals surface area (Å²) in [5.74, 6) is -0.332. The van der Waals surface area contributed by atoms with Crippen LogP contribution in [0.2, 0.25) is 0 Å². The van der Waals surface area contributed by atoms with Crippen LogP contribution >= 0.6 is 0 Å². The second-order valence-corrected chi connectivity index (χ2v) is 4.09. The summed E-state index contributed by atoms with van der Waals surface area (Å²) in [5, 5.41) is 11.9. The number of benzene rings is 1. The van der Waals surface area contributed by atoms with E-state index in [1.165, 1.54) is 5.56 Å². The Labute approximate surface area is 94.2 Å². The second kappa shape index (κ2) is 4.43. The Bertz CT molecular complexity index is 403. The SMILES string of the molecule is CC1CCc2cc(OCC(=O)O)ccc2N1. The lowest BCUT2D eigenvalue weighted by Crippen LogP contribution is -2.21. The van der Waals surface area contributed by atoms with Gasteiger partial charge in [0.15, 0.2) is 6.61 Å². The highest BCUT2D eigenvalue weighted by atomic mass is 16.5. The van der Waals surface area contributed by atoms with Crippen molar-refractivity contribution in [3.8, 4) is 5.75 Å². The smallest absolute Gasteiger partial charge is 0.341 e. The first kappa shape index (κ1) is 10.8. The van der Waals surface area contributed by atoms with Crippen LogP contribution in [0.25, 0.3) is 0 Å². The van der Waals surface area contributed by atoms with Crippen LogP contribution in [0.3, 0.4) is 0 Å². The average Bonchev–Trinajstić information content (AvgIpc) is 2.26. The lowest BCUT2D eigenvalue weighted by Gasteiger charge is -2.24. The summed E-state index contributed by atoms with van der Waals surface area (Å²) >= 11 is 0. The minimum atomic E-state index is -0.954. The van der Waals surface area contributed by atoms with Crippen molar-refractivity contribution < 1.29 is 14.6 Å². The normalized spacial score (nSPS) is 18.4. The van der Waals surface area contributed by atoms with Crippen molar-refractivity contribution in [2.75, 3.05) is 11.9 Å². The molecule has 1 aliphatic heterocycles. The largest absolute Gasteiger partial charge is 0.482 e. The molecule has 2 N–H and O–H groups in total. The number of fused-ring (bicyclic) bond motifs is 1. The van der Waals surface area contributed by atoms with Gasteiger partial charge in [-0.15, -0.1) is 0 Å². The van der Waals surface area contributed by atoms with Gasteiger partial charge < -0.3 is 15.2 Å². The summed E-state index contributed by atoms with van der Waals surface area (Å²) in [7, 11) is 0. The minimum Gasteiger partial charge on any atom is -0.482 e. The average molecular weight is 221 g/mol. The molecule has 0 amide bonds. The monoisotopic (exact) mass is 221 g/mol. The van der Waals surface area contributed by atoms with E-state index in [1.807, 2.05) is 12.1 Å². The van der Waals surface area contributed by atoms with Crippen LogP contribution in [0.5, 0.6) is 5.75 Å². The van der Waals surface area contributed by atoms with Crippen LogP contribution in [0, 0.1) is 0 Å². The van der Waals surface area contributed by atoms with Gasteiger partial charge in [0.2, 0.25) is 0 Å². The number of carboxylic acid groups (broad SMARTS) is 1. The molecule has 16 heavy (non-hydrogen) atoms. The van der Waals surface area contributed by atoms with Gasteiger partial charge in [0.1, 0.15) is 5.75 Å². The Morgan fingerprint density at radius 2 is 2.44 bits per heavy atom. The summed E-state index contributed by atoms with van der Waals surface area (Å²) in [6, 6.07) is 6.16. The van der Waals surface area contributed by atoms with E-state index in [-0.39, 0.29) is 6.61 Å². The number of anilines is 1. The van der Waals surface area contributed by atoms with Crippen LogP contribution in [-0.4, -0.2) is 23.7 Å². The Hall–Kier alpha value is -1.71. The topological polar surface area (TPSA) is 58.6 Å². The molecule has 1 atom stereocenters. The maximum absolute atomic E-state index is 10.4. The van der Waals surface area contributed by atoms with Crippen LogP contribution < -0.4 is 10.1 Å². The van der Waals surface area contributed by atoms with Crippen molar-refractivity contribution in [2.45, 2.75) is 25.8 Å². The lowest BCUT2D eigenvalue weighted by molar-refractivity contribution is -0.139. The Balaban J connectivity index is 2.10. The maximum atomic E-state index is 10.4. The standard InChI is InChI=1S/C12H15NO3/c1-8-2-3-9-6-10(16-7-12(14)15)4-5-11(9)13-8/h4-6,8,13H,2-3,7H2,1H3,(H,14,15). The molecule has 1 heterocycles. The third-order valence-corrected chi connectivity index (χ3v) is 2.69. The summed E-state index contributed by atoms with van der Waals surface area (Å²) in [6.45, 7) is 1.86. The third-order valence-electron chi connectivity index (χ3n) is 2.69. The van der Waals surface area contributed by atoms with E-state index in [0.717, 1.165) is 18.5 Å². The predicted octanol–water partition coefficient (Wildman–Crippen LogP) is 1.90. The number of hydrogen-bond donors (Lipinski definition) is 2. The van der Waals surface area contributed by atoms with Crippen molar-refractivity contribution >= 4 is 11.7 Å². The Kier molecular flexibility index (Phi) is 2.99. The third kappa shape index (κ3) is 2.45. The van der Waals surface area contributed by atoms with Gasteiger partial charge in [-0.05, 0) is 43.5 Å². The summed E-state index contributed by atoms with van der Waals surface area (Å²) in [5.41, 5.74) is 2.32. The molecule has 4 nitrogen and oxygen atoms in total. The summed E-state index contributed by atoms with van der Waals surface area (Å²) in [6.07, 6.45) is 2.10. The van der Waals surface area contributed by atoms with E-state index in [0.29, 0.717) is 11.8 Å². The van der Waals surface area contributed by atoms with Gasteiger partial charge in [0, 0.05) is 11.7 Å². The highest BCUT2D eigenvalue weighted by molar-refractivity contribution is 5.68. The van der Waals surface area contributed by atoms with Crippen LogP contribution in [0.1, 0.15) is 18.9 Å². The number of hydrogen-bond acceptors (Lipinski definition) is 3. The van der Waals surface area contributed by atoms with Gasteiger partial charge >= 0.3 is 5.97 Å². The molecule has 0 saturated carbocycles. The Morgan fingerprint density at radius 1 is 1.62 bits per heavy atom. The quantitative estimate of drug-likeness (QED) is 0.818. The van der Waals surface area contributed by atoms with E-state index in [2.05, 4.69) is 12.2 Å². The van der Waals surface area contributed by atoms with Crippen molar-refractivity contribution in [1.82, 2.24) is 0 Å². The van der Waals surface area contributed by atoms with Gasteiger partial charge in [0.05, 0.1) is 0 Å². The molecular weight excluding hydrogens is 206 g/mol. The van der Waals surface area contributed by atoms with Gasteiger partial charge in [0.25, 0.3) is 0 Å². The second-order valence-electron chi connectivity index (χ2n) is 4.09. The first-order valence-electron chi connectivity index (χ1n) is 5.39. The Morgan fingerprint density at radius 3 is 3.19 bits per heavy atom. The maximum Gasteiger partial charge on any atom is 0.341 e. The van der Waals surface area contributed by atoms with Crippen LogP contribution in [0.15, 0.2) is 18.2 Å². The number of carbonyl (C=O) groups is 1. The number of nitrogens with one attached hydrogen (secondary N) is 1. The van der Waals surface area contributed by atoms with E-state index in [4.69, 9.17) is 9.84 Å². The van der Waals surface area contributed by atoms with E-state index in [1.54, 1.807) is 6.07 Å². The fourth-order valence-electron chi connectivity index (χ4n) is 1.86. The molecule has 0 bridgehead atoms. The highest BCUT2D eigenvalue weighted by Crippen LogP contribution is 2.28. The highest BCUT2D eigenvalue weighted by Gasteiger charge is 2.14. The molecule has 86 valence electrons. The number of aryl methyl sites for hydroxylation is 1. The number of carboxylic acids is 1. The molecule has 0 fully saturated rings. The van der Waals surface area contributed by atoms with Crippen LogP contribution in [-0.2, 0) is 11.2 Å². The van der Waals surface area contributed by atoms with Gasteiger partial charge in [-0.3, -0.25) is 0 Å². The molecule has 1 aromatic rings. The molecule has 1 aromatic carbocycles. The van der Waals surface area contributed by atoms with Crippen molar-refractivity contribution in [3.05, 3.63) is 23.8 Å². The number of aliphatic carboxylic acids is 1. The predicted molar refractivity (Wildman–Crippen MR) is 61.0 cm³/mol. The molecular formula is C12H15NO3. The molecule has 2 rings (SSSR count). The van der Waals surface area contributed by atoms with Crippen molar-refractivity contribution in [3.63, 3.8) is 0 Å². The molecule has 0 aliphatic carbocycles. The zero-order valence-electron chi connectivity index (χ0n) is 9.19. The summed E-state index contributed by atoms with van der Waals surface area (Å²) in [4.78, 5) is 10.4. The van der Waals surface area contributed by atoms with Crippen LogP contribution in [0.4, 0.5) is 5.69 Å². The molecule has 0 spiro atoms. The molecule has 0 saturated heterocycles. The molecule has 0 aromatic heterocycles. The minimum absolute atomic E-state index is 0.289. The zero-order chi connectivity index (χ0) is 11.5. The first-order valence-corrected chi connectivity index (χ1v) is 5.39. The molecule has 4 heteroatoms. The van der Waals surface area contributed by atoms with Crippen molar-refractivity contribution in [1.29, 1.82) is 0 Å². The number of ether oxygens (including phenoxy) is 1. The first-order chi connectivity index (χ1) is 7.65. The zero-order valence-corrected chi connectivity index (χ0v) is 9.19. The summed E-state index contributed by atoms with van der Waals surface area (Å²) < 4.78 is 5.13. The number of rotatable bonds is 3. The molecule has 1 aliphatic rings. The molecule has 0 radical (unpaired) electrons. The van der Waals surface area contributed by atoms with E-state index in [9.17, 15) is 4.79 Å². The van der Waals surface area contributed by atoms with Gasteiger partial charge in [-0.2, -0.15) is 0 Å². The fraction of sp³-hybridized carbons (Fsp3) is 0.417.